The third-order valence-corrected chi connectivity index (χ3v) is 3.56. The second kappa shape index (κ2) is 6.47. The zero-order chi connectivity index (χ0) is 15.4. The Hall–Kier alpha value is -2.24. The second-order valence-electron chi connectivity index (χ2n) is 4.95. The van der Waals surface area contributed by atoms with Crippen LogP contribution in [0.2, 0.25) is 0 Å². The molecule has 0 spiro atoms. The fourth-order valence-electron chi connectivity index (χ4n) is 2.31. The van der Waals surface area contributed by atoms with Gasteiger partial charge in [-0.15, -0.1) is 0 Å². The Labute approximate surface area is 123 Å². The van der Waals surface area contributed by atoms with Crippen LogP contribution in [0.1, 0.15) is 22.8 Å². The number of phenols is 1. The third-order valence-electron chi connectivity index (χ3n) is 3.56. The molecule has 0 bridgehead atoms. The van der Waals surface area contributed by atoms with E-state index in [4.69, 9.17) is 4.74 Å². The molecule has 0 radical (unpaired) electrons. The van der Waals surface area contributed by atoms with Gasteiger partial charge in [-0.2, -0.15) is 0 Å². The van der Waals surface area contributed by atoms with Gasteiger partial charge in [0.2, 0.25) is 0 Å². The third kappa shape index (κ3) is 3.26. The van der Waals surface area contributed by atoms with Crippen molar-refractivity contribution in [3.63, 3.8) is 0 Å². The van der Waals surface area contributed by atoms with Gasteiger partial charge < -0.3 is 19.6 Å². The highest BCUT2D eigenvalue weighted by molar-refractivity contribution is 5.97. The highest BCUT2D eigenvalue weighted by Gasteiger charge is 2.26. The van der Waals surface area contributed by atoms with Gasteiger partial charge in [-0.1, -0.05) is 12.1 Å². The van der Waals surface area contributed by atoms with E-state index in [0.29, 0.717) is 43.9 Å². The zero-order valence-corrected chi connectivity index (χ0v) is 12.3. The number of para-hydroxylation sites is 1. The number of benzene rings is 1. The van der Waals surface area contributed by atoms with Crippen molar-refractivity contribution in [3.8, 4) is 5.75 Å². The van der Waals surface area contributed by atoms with Crippen LogP contribution in [-0.2, 0) is 4.74 Å². The smallest absolute Gasteiger partial charge is 0.409 e. The van der Waals surface area contributed by atoms with E-state index >= 15 is 0 Å². The Bertz CT molecular complexity index is 536. The molecule has 1 fully saturated rings. The van der Waals surface area contributed by atoms with Gasteiger partial charge in [-0.05, 0) is 25.5 Å². The van der Waals surface area contributed by atoms with Crippen LogP contribution in [-0.4, -0.2) is 59.7 Å². The first-order valence-electron chi connectivity index (χ1n) is 7.04. The number of carbonyl (C=O) groups excluding carboxylic acids is 2. The number of nitrogens with zero attached hydrogens (tertiary/aromatic N) is 2. The van der Waals surface area contributed by atoms with Crippen LogP contribution in [0, 0.1) is 6.92 Å². The van der Waals surface area contributed by atoms with Crippen LogP contribution in [0.5, 0.6) is 5.75 Å². The summed E-state index contributed by atoms with van der Waals surface area (Å²) in [5, 5.41) is 9.98. The summed E-state index contributed by atoms with van der Waals surface area (Å²) in [5.41, 5.74) is 0.977. The minimum Gasteiger partial charge on any atom is -0.507 e. The van der Waals surface area contributed by atoms with Gasteiger partial charge in [0.05, 0.1) is 12.2 Å². The first-order chi connectivity index (χ1) is 10.0. The van der Waals surface area contributed by atoms with Crippen molar-refractivity contribution < 1.29 is 19.4 Å². The number of aromatic hydroxyl groups is 1. The van der Waals surface area contributed by atoms with E-state index in [1.807, 2.05) is 0 Å². The maximum absolute atomic E-state index is 12.4. The van der Waals surface area contributed by atoms with Gasteiger partial charge in [0, 0.05) is 26.2 Å². The molecule has 0 unspecified atom stereocenters. The lowest BCUT2D eigenvalue weighted by atomic mass is 10.1. The summed E-state index contributed by atoms with van der Waals surface area (Å²) in [5.74, 6) is -0.185. The van der Waals surface area contributed by atoms with Crippen molar-refractivity contribution in [2.45, 2.75) is 13.8 Å². The molecule has 2 amide bonds. The van der Waals surface area contributed by atoms with Crippen molar-refractivity contribution >= 4 is 12.0 Å². The summed E-state index contributed by atoms with van der Waals surface area (Å²) in [6.45, 7) is 5.61. The summed E-state index contributed by atoms with van der Waals surface area (Å²) in [6.07, 6.45) is -0.344. The summed E-state index contributed by atoms with van der Waals surface area (Å²) >= 11 is 0. The van der Waals surface area contributed by atoms with E-state index in [-0.39, 0.29) is 17.7 Å². The normalized spacial score (nSPS) is 15.0. The summed E-state index contributed by atoms with van der Waals surface area (Å²) in [6, 6.07) is 5.12. The molecule has 114 valence electrons. The Kier molecular flexibility index (Phi) is 4.67. The van der Waals surface area contributed by atoms with Gasteiger partial charge in [-0.25, -0.2) is 4.79 Å². The monoisotopic (exact) mass is 292 g/mol. The standard InChI is InChI=1S/C15H20N2O4/c1-3-21-15(20)17-9-7-16(8-10-17)14(19)12-6-4-5-11(2)13(12)18/h4-6,18H,3,7-10H2,1-2H3. The molecule has 1 aromatic rings. The van der Waals surface area contributed by atoms with E-state index in [1.54, 1.807) is 41.8 Å². The molecule has 1 heterocycles. The minimum absolute atomic E-state index is 0.0234. The van der Waals surface area contributed by atoms with Crippen molar-refractivity contribution in [1.29, 1.82) is 0 Å². The van der Waals surface area contributed by atoms with Crippen LogP contribution in [0.25, 0.3) is 0 Å². The van der Waals surface area contributed by atoms with Crippen molar-refractivity contribution in [2.24, 2.45) is 0 Å². The average Bonchev–Trinajstić information content (AvgIpc) is 2.50. The van der Waals surface area contributed by atoms with Gasteiger partial charge in [0.1, 0.15) is 5.75 Å². The molecule has 0 aromatic heterocycles. The molecular weight excluding hydrogens is 272 g/mol. The summed E-state index contributed by atoms with van der Waals surface area (Å²) < 4.78 is 4.94. The van der Waals surface area contributed by atoms with Crippen LogP contribution >= 0.6 is 0 Å². The molecule has 1 aliphatic rings. The van der Waals surface area contributed by atoms with Crippen molar-refractivity contribution in [2.75, 3.05) is 32.8 Å². The molecule has 1 aliphatic heterocycles. The van der Waals surface area contributed by atoms with Crippen molar-refractivity contribution in [1.82, 2.24) is 9.80 Å². The van der Waals surface area contributed by atoms with Crippen LogP contribution in [0.4, 0.5) is 4.79 Å². The quantitative estimate of drug-likeness (QED) is 0.899. The first kappa shape index (κ1) is 15.2. The van der Waals surface area contributed by atoms with E-state index in [2.05, 4.69) is 0 Å². The van der Waals surface area contributed by atoms with Crippen LogP contribution in [0.3, 0.4) is 0 Å². The maximum Gasteiger partial charge on any atom is 0.409 e. The van der Waals surface area contributed by atoms with Gasteiger partial charge in [0.25, 0.3) is 5.91 Å². The molecule has 0 aliphatic carbocycles. The Balaban J connectivity index is 2.00. The van der Waals surface area contributed by atoms with Gasteiger partial charge >= 0.3 is 6.09 Å². The molecule has 21 heavy (non-hydrogen) atoms. The van der Waals surface area contributed by atoms with Gasteiger partial charge in [-0.3, -0.25) is 4.79 Å². The van der Waals surface area contributed by atoms with E-state index in [9.17, 15) is 14.7 Å². The van der Waals surface area contributed by atoms with E-state index in [0.717, 1.165) is 0 Å². The Morgan fingerprint density at radius 1 is 1.19 bits per heavy atom. The Morgan fingerprint density at radius 3 is 2.43 bits per heavy atom. The lowest BCUT2D eigenvalue weighted by molar-refractivity contribution is 0.0568. The lowest BCUT2D eigenvalue weighted by Gasteiger charge is -2.34. The van der Waals surface area contributed by atoms with Gasteiger partial charge in [0.15, 0.2) is 0 Å². The van der Waals surface area contributed by atoms with E-state index in [1.165, 1.54) is 0 Å². The molecule has 2 rings (SSSR count). The number of aryl methyl sites for hydroxylation is 1. The van der Waals surface area contributed by atoms with Crippen LogP contribution < -0.4 is 0 Å². The number of piperazine rings is 1. The highest BCUT2D eigenvalue weighted by atomic mass is 16.6. The molecule has 6 heteroatoms. The second-order valence-corrected chi connectivity index (χ2v) is 4.95. The van der Waals surface area contributed by atoms with Crippen LogP contribution in [0.15, 0.2) is 18.2 Å². The molecule has 1 saturated heterocycles. The molecule has 6 nitrogen and oxygen atoms in total. The average molecular weight is 292 g/mol. The number of amides is 2. The predicted octanol–water partition coefficient (Wildman–Crippen LogP) is 1.61. The molecular formula is C15H20N2O4. The molecule has 1 N–H and O–H groups in total. The number of ether oxygens (including phenoxy) is 1. The first-order valence-corrected chi connectivity index (χ1v) is 7.04. The molecule has 0 atom stereocenters. The number of carbonyl (C=O) groups is 2. The van der Waals surface area contributed by atoms with Crippen molar-refractivity contribution in [3.05, 3.63) is 29.3 Å². The Morgan fingerprint density at radius 2 is 1.81 bits per heavy atom. The summed E-state index contributed by atoms with van der Waals surface area (Å²) in [4.78, 5) is 27.2. The highest BCUT2D eigenvalue weighted by Crippen LogP contribution is 2.23. The molecule has 0 saturated carbocycles. The molecule has 1 aromatic carbocycles. The fourth-order valence-corrected chi connectivity index (χ4v) is 2.31. The number of hydrogen-bond acceptors (Lipinski definition) is 4. The SMILES string of the molecule is CCOC(=O)N1CCN(C(=O)c2cccc(C)c2O)CC1. The fraction of sp³-hybridized carbons (Fsp3) is 0.467. The zero-order valence-electron chi connectivity index (χ0n) is 12.3. The topological polar surface area (TPSA) is 70.1 Å². The summed E-state index contributed by atoms with van der Waals surface area (Å²) in [7, 11) is 0. The number of hydrogen-bond donors (Lipinski definition) is 1. The largest absolute Gasteiger partial charge is 0.507 e. The minimum atomic E-state index is -0.344. The number of rotatable bonds is 2. The maximum atomic E-state index is 12.4. The number of phenolic OH excluding ortho intramolecular Hbond substituents is 1. The lowest BCUT2D eigenvalue weighted by Crippen LogP contribution is -2.50. The predicted molar refractivity (Wildman–Crippen MR) is 77.3 cm³/mol. The van der Waals surface area contributed by atoms with E-state index < -0.39 is 0 Å².